The maximum absolute atomic E-state index is 14.0. The van der Waals surface area contributed by atoms with Crippen LogP contribution in [0.1, 0.15) is 34.8 Å². The number of carbonyl (C=O) groups excluding carboxylic acids is 1. The summed E-state index contributed by atoms with van der Waals surface area (Å²) >= 11 is 0. The summed E-state index contributed by atoms with van der Waals surface area (Å²) in [4.78, 5) is 29.4. The molecule has 0 spiro atoms. The molecule has 5 rings (SSSR count). The van der Waals surface area contributed by atoms with Gasteiger partial charge in [0.1, 0.15) is 17.2 Å². The summed E-state index contributed by atoms with van der Waals surface area (Å²) in [7, 11) is 1.27. The summed E-state index contributed by atoms with van der Waals surface area (Å²) in [6, 6.07) is 7.59. The fourth-order valence-electron chi connectivity index (χ4n) is 4.80. The molecule has 3 heterocycles. The Kier molecular flexibility index (Phi) is 5.95. The van der Waals surface area contributed by atoms with Gasteiger partial charge in [-0.05, 0) is 37.1 Å². The molecule has 2 aliphatic heterocycles. The normalized spacial score (nSPS) is 18.5. The molecule has 7 nitrogen and oxygen atoms in total. The molecular formula is C25H24F2N2O5. The number of morpholine rings is 1. The van der Waals surface area contributed by atoms with Crippen molar-refractivity contribution in [3.05, 3.63) is 69.4 Å². The first-order valence-electron chi connectivity index (χ1n) is 11.2. The molecule has 0 N–H and O–H groups in total. The largest absolute Gasteiger partial charge is 0.465 e. The molecule has 2 saturated heterocycles. The highest BCUT2D eigenvalue weighted by molar-refractivity contribution is 5.95. The number of hydrogen-bond donors (Lipinski definition) is 0. The number of benzene rings is 2. The van der Waals surface area contributed by atoms with Crippen molar-refractivity contribution >= 4 is 28.5 Å². The molecule has 0 radical (unpaired) electrons. The zero-order valence-electron chi connectivity index (χ0n) is 18.7. The molecule has 1 aromatic heterocycles. The van der Waals surface area contributed by atoms with Gasteiger partial charge in [0.2, 0.25) is 0 Å². The van der Waals surface area contributed by atoms with Crippen molar-refractivity contribution in [1.82, 2.24) is 0 Å². The van der Waals surface area contributed by atoms with Crippen LogP contribution >= 0.6 is 0 Å². The smallest absolute Gasteiger partial charge is 0.337 e. The van der Waals surface area contributed by atoms with Gasteiger partial charge in [-0.15, -0.1) is 0 Å². The topological polar surface area (TPSA) is 72.2 Å². The summed E-state index contributed by atoms with van der Waals surface area (Å²) in [5.74, 6) is -1.50. The Hall–Kier alpha value is -3.46. The molecule has 0 unspecified atom stereocenters. The molecule has 1 atom stereocenters. The van der Waals surface area contributed by atoms with Crippen molar-refractivity contribution in [3.8, 4) is 0 Å². The number of fused-ring (bicyclic) bond motifs is 1. The van der Waals surface area contributed by atoms with Crippen LogP contribution in [0.15, 0.2) is 45.6 Å². The molecule has 2 fully saturated rings. The molecule has 9 heteroatoms. The second-order valence-corrected chi connectivity index (χ2v) is 8.46. The number of rotatable bonds is 4. The lowest BCUT2D eigenvalue weighted by Gasteiger charge is -2.29. The SMILES string of the molecule is COC(=O)c1cc([C@H]2CCCN2c2cc(F)cc(F)c2)c2oc(N3CCOCC3)cc(=O)c2c1. The number of carbonyl (C=O) groups is 1. The summed E-state index contributed by atoms with van der Waals surface area (Å²) in [6.45, 7) is 2.78. The number of ether oxygens (including phenoxy) is 2. The Bertz CT molecular complexity index is 1280. The molecule has 2 aliphatic rings. The Morgan fingerprint density at radius 2 is 1.76 bits per heavy atom. The third-order valence-electron chi connectivity index (χ3n) is 6.38. The van der Waals surface area contributed by atoms with Gasteiger partial charge in [0.05, 0.1) is 37.3 Å². The van der Waals surface area contributed by atoms with E-state index in [1.807, 2.05) is 9.80 Å². The lowest BCUT2D eigenvalue weighted by molar-refractivity contribution is 0.0600. The third kappa shape index (κ3) is 4.11. The molecule has 0 amide bonds. The van der Waals surface area contributed by atoms with Crippen molar-refractivity contribution in [2.45, 2.75) is 18.9 Å². The van der Waals surface area contributed by atoms with Crippen LogP contribution in [-0.2, 0) is 9.47 Å². The Labute approximate surface area is 194 Å². The standard InChI is InChI=1S/C25H24F2N2O5/c1-32-25(31)15-9-19(21-3-2-4-29(21)18-12-16(26)11-17(27)13-18)24-20(10-15)22(30)14-23(34-24)28-5-7-33-8-6-28/h9-14,21H,2-8H2,1H3/t21-/m1/s1. The fourth-order valence-corrected chi connectivity index (χ4v) is 4.80. The van der Waals surface area contributed by atoms with Crippen molar-refractivity contribution < 1.29 is 27.5 Å². The maximum atomic E-state index is 14.0. The van der Waals surface area contributed by atoms with Crippen LogP contribution in [0.2, 0.25) is 0 Å². The van der Waals surface area contributed by atoms with Gasteiger partial charge in [-0.3, -0.25) is 4.79 Å². The summed E-state index contributed by atoms with van der Waals surface area (Å²) in [5.41, 5.74) is 1.29. The van der Waals surface area contributed by atoms with Crippen LogP contribution in [0.25, 0.3) is 11.0 Å². The van der Waals surface area contributed by atoms with E-state index in [0.29, 0.717) is 62.0 Å². The molecule has 3 aromatic rings. The van der Waals surface area contributed by atoms with E-state index in [1.54, 1.807) is 6.07 Å². The third-order valence-corrected chi connectivity index (χ3v) is 6.38. The van der Waals surface area contributed by atoms with Crippen molar-refractivity contribution in [2.24, 2.45) is 0 Å². The van der Waals surface area contributed by atoms with Gasteiger partial charge in [-0.1, -0.05) is 0 Å². The Balaban J connectivity index is 1.69. The van der Waals surface area contributed by atoms with E-state index in [4.69, 9.17) is 13.9 Å². The molecule has 0 bridgehead atoms. The monoisotopic (exact) mass is 470 g/mol. The van der Waals surface area contributed by atoms with Crippen LogP contribution < -0.4 is 15.2 Å². The number of hydrogen-bond acceptors (Lipinski definition) is 7. The van der Waals surface area contributed by atoms with E-state index in [-0.39, 0.29) is 22.4 Å². The zero-order chi connectivity index (χ0) is 23.8. The highest BCUT2D eigenvalue weighted by Gasteiger charge is 2.31. The number of halogens is 2. The van der Waals surface area contributed by atoms with Crippen LogP contribution in [0.5, 0.6) is 0 Å². The Morgan fingerprint density at radius 1 is 1.03 bits per heavy atom. The second kappa shape index (κ2) is 9.06. The average Bonchev–Trinajstić information content (AvgIpc) is 3.33. The van der Waals surface area contributed by atoms with E-state index in [0.717, 1.165) is 12.5 Å². The number of nitrogens with zero attached hydrogens (tertiary/aromatic N) is 2. The quantitative estimate of drug-likeness (QED) is 0.533. The summed E-state index contributed by atoms with van der Waals surface area (Å²) in [5, 5.41) is 0.257. The van der Waals surface area contributed by atoms with E-state index in [2.05, 4.69) is 0 Å². The maximum Gasteiger partial charge on any atom is 0.337 e. The van der Waals surface area contributed by atoms with Gasteiger partial charge in [0.25, 0.3) is 0 Å². The molecule has 2 aromatic carbocycles. The number of anilines is 2. The van der Waals surface area contributed by atoms with Crippen molar-refractivity contribution in [1.29, 1.82) is 0 Å². The highest BCUT2D eigenvalue weighted by atomic mass is 19.1. The van der Waals surface area contributed by atoms with Gasteiger partial charge in [-0.25, -0.2) is 13.6 Å². The van der Waals surface area contributed by atoms with E-state index < -0.39 is 17.6 Å². The summed E-state index contributed by atoms with van der Waals surface area (Å²) in [6.07, 6.45) is 1.42. The molecule has 0 aliphatic carbocycles. The first-order chi connectivity index (χ1) is 16.4. The highest BCUT2D eigenvalue weighted by Crippen LogP contribution is 2.40. The second-order valence-electron chi connectivity index (χ2n) is 8.46. The van der Waals surface area contributed by atoms with Gasteiger partial charge < -0.3 is 23.7 Å². The first-order valence-corrected chi connectivity index (χ1v) is 11.2. The van der Waals surface area contributed by atoms with Crippen molar-refractivity contribution in [2.75, 3.05) is 49.8 Å². The minimum atomic E-state index is -0.671. The van der Waals surface area contributed by atoms with Crippen LogP contribution in [0, 0.1) is 11.6 Å². The molecular weight excluding hydrogens is 446 g/mol. The average molecular weight is 470 g/mol. The predicted octanol–water partition coefficient (Wildman–Crippen LogP) is 4.04. The van der Waals surface area contributed by atoms with Crippen LogP contribution in [0.4, 0.5) is 20.4 Å². The molecule has 34 heavy (non-hydrogen) atoms. The predicted molar refractivity (Wildman–Crippen MR) is 123 cm³/mol. The number of methoxy groups -OCH3 is 1. The van der Waals surface area contributed by atoms with Gasteiger partial charge in [0.15, 0.2) is 11.3 Å². The van der Waals surface area contributed by atoms with Crippen molar-refractivity contribution in [3.63, 3.8) is 0 Å². The Morgan fingerprint density at radius 3 is 2.47 bits per heavy atom. The lowest BCUT2D eigenvalue weighted by atomic mass is 9.98. The zero-order valence-corrected chi connectivity index (χ0v) is 18.7. The van der Waals surface area contributed by atoms with Gasteiger partial charge in [0, 0.05) is 43.0 Å². The van der Waals surface area contributed by atoms with E-state index in [1.165, 1.54) is 31.4 Å². The van der Waals surface area contributed by atoms with E-state index >= 15 is 0 Å². The molecule has 178 valence electrons. The summed E-state index contributed by atoms with van der Waals surface area (Å²) < 4.78 is 44.5. The van der Waals surface area contributed by atoms with Crippen LogP contribution in [-0.4, -0.2) is 45.9 Å². The minimum Gasteiger partial charge on any atom is -0.465 e. The fraction of sp³-hybridized carbons (Fsp3) is 0.360. The minimum absolute atomic E-state index is 0.216. The van der Waals surface area contributed by atoms with E-state index in [9.17, 15) is 18.4 Å². The first kappa shape index (κ1) is 22.3. The van der Waals surface area contributed by atoms with Crippen LogP contribution in [0.3, 0.4) is 0 Å². The van der Waals surface area contributed by atoms with Gasteiger partial charge in [-0.2, -0.15) is 0 Å². The lowest BCUT2D eigenvalue weighted by Crippen LogP contribution is -2.36. The molecule has 0 saturated carbocycles. The number of esters is 1. The van der Waals surface area contributed by atoms with Gasteiger partial charge >= 0.3 is 5.97 Å².